The molecule has 0 heterocycles. The van der Waals surface area contributed by atoms with Gasteiger partial charge in [-0.25, -0.2) is 0 Å². The summed E-state index contributed by atoms with van der Waals surface area (Å²) < 4.78 is 0. The Morgan fingerprint density at radius 2 is 1.73 bits per heavy atom. The molecule has 88 valence electrons. The zero-order valence-corrected chi connectivity index (χ0v) is 11.0. The summed E-state index contributed by atoms with van der Waals surface area (Å²) in [4.78, 5) is 0. The molecule has 2 atom stereocenters. The molecule has 0 aromatic carbocycles. The SMILES string of the molecule is CC1(C)CCC(SC2CCCCC2)C1N. The van der Waals surface area contributed by atoms with Gasteiger partial charge < -0.3 is 5.73 Å². The van der Waals surface area contributed by atoms with E-state index in [4.69, 9.17) is 5.73 Å². The van der Waals surface area contributed by atoms with Gasteiger partial charge in [0.05, 0.1) is 0 Å². The summed E-state index contributed by atoms with van der Waals surface area (Å²) in [6.45, 7) is 4.66. The van der Waals surface area contributed by atoms with E-state index in [-0.39, 0.29) is 0 Å². The van der Waals surface area contributed by atoms with E-state index in [1.54, 1.807) is 0 Å². The van der Waals surface area contributed by atoms with Crippen LogP contribution in [-0.2, 0) is 0 Å². The molecule has 0 aromatic rings. The van der Waals surface area contributed by atoms with E-state index in [0.29, 0.717) is 11.5 Å². The Bertz CT molecular complexity index is 209. The molecule has 2 heteroatoms. The highest BCUT2D eigenvalue weighted by molar-refractivity contribution is 8.00. The molecule has 0 bridgehead atoms. The second-order valence-corrected chi connectivity index (χ2v) is 7.53. The summed E-state index contributed by atoms with van der Waals surface area (Å²) in [6, 6.07) is 0.421. The molecule has 2 N–H and O–H groups in total. The van der Waals surface area contributed by atoms with Gasteiger partial charge in [0.15, 0.2) is 0 Å². The van der Waals surface area contributed by atoms with Crippen LogP contribution in [0.4, 0.5) is 0 Å². The maximum absolute atomic E-state index is 6.35. The van der Waals surface area contributed by atoms with Gasteiger partial charge in [-0.15, -0.1) is 0 Å². The van der Waals surface area contributed by atoms with Gasteiger partial charge in [0.2, 0.25) is 0 Å². The Kier molecular flexibility index (Phi) is 3.67. The van der Waals surface area contributed by atoms with E-state index in [1.165, 1.54) is 44.9 Å². The van der Waals surface area contributed by atoms with E-state index in [0.717, 1.165) is 10.5 Å². The van der Waals surface area contributed by atoms with Crippen LogP contribution in [0.2, 0.25) is 0 Å². The third-order valence-corrected chi connectivity index (χ3v) is 6.03. The monoisotopic (exact) mass is 227 g/mol. The molecule has 15 heavy (non-hydrogen) atoms. The molecule has 2 saturated carbocycles. The minimum absolute atomic E-state index is 0.381. The minimum atomic E-state index is 0.381. The van der Waals surface area contributed by atoms with Crippen molar-refractivity contribution in [1.82, 2.24) is 0 Å². The average molecular weight is 227 g/mol. The van der Waals surface area contributed by atoms with Gasteiger partial charge in [-0.05, 0) is 31.1 Å². The number of rotatable bonds is 2. The fraction of sp³-hybridized carbons (Fsp3) is 1.00. The van der Waals surface area contributed by atoms with Crippen molar-refractivity contribution in [1.29, 1.82) is 0 Å². The molecule has 2 unspecified atom stereocenters. The van der Waals surface area contributed by atoms with E-state index in [1.807, 2.05) is 0 Å². The predicted octanol–water partition coefficient (Wildman–Crippen LogP) is 3.57. The molecule has 0 aliphatic heterocycles. The standard InChI is InChI=1S/C13H25NS/c1-13(2)9-8-11(12(13)14)15-10-6-4-3-5-7-10/h10-12H,3-9,14H2,1-2H3. The zero-order valence-electron chi connectivity index (χ0n) is 10.2. The Morgan fingerprint density at radius 1 is 1.07 bits per heavy atom. The molecule has 0 amide bonds. The fourth-order valence-corrected chi connectivity index (χ4v) is 4.86. The first-order chi connectivity index (χ1) is 7.09. The average Bonchev–Trinajstić information content (AvgIpc) is 2.47. The largest absolute Gasteiger partial charge is 0.326 e. The van der Waals surface area contributed by atoms with Crippen molar-refractivity contribution in [2.45, 2.75) is 75.3 Å². The van der Waals surface area contributed by atoms with Crippen LogP contribution in [0.1, 0.15) is 58.8 Å². The van der Waals surface area contributed by atoms with Gasteiger partial charge in [0, 0.05) is 16.5 Å². The number of thioether (sulfide) groups is 1. The number of nitrogens with two attached hydrogens (primary N) is 1. The molecule has 1 nitrogen and oxygen atoms in total. The van der Waals surface area contributed by atoms with Crippen LogP contribution >= 0.6 is 11.8 Å². The molecule has 2 rings (SSSR count). The topological polar surface area (TPSA) is 26.0 Å². The lowest BCUT2D eigenvalue weighted by Crippen LogP contribution is -2.39. The van der Waals surface area contributed by atoms with E-state index < -0.39 is 0 Å². The van der Waals surface area contributed by atoms with Crippen molar-refractivity contribution in [3.63, 3.8) is 0 Å². The van der Waals surface area contributed by atoms with Crippen molar-refractivity contribution < 1.29 is 0 Å². The highest BCUT2D eigenvalue weighted by Gasteiger charge is 2.40. The first-order valence-electron chi connectivity index (χ1n) is 6.51. The third-order valence-electron chi connectivity index (χ3n) is 4.30. The molecule has 0 radical (unpaired) electrons. The van der Waals surface area contributed by atoms with Crippen LogP contribution < -0.4 is 5.73 Å². The lowest BCUT2D eigenvalue weighted by atomic mass is 9.88. The second-order valence-electron chi connectivity index (χ2n) is 5.99. The molecule has 0 spiro atoms. The van der Waals surface area contributed by atoms with Crippen LogP contribution in [0.15, 0.2) is 0 Å². The lowest BCUT2D eigenvalue weighted by molar-refractivity contribution is 0.334. The summed E-state index contributed by atoms with van der Waals surface area (Å²) in [7, 11) is 0. The number of hydrogen-bond donors (Lipinski definition) is 1. The van der Waals surface area contributed by atoms with Crippen LogP contribution in [0.5, 0.6) is 0 Å². The molecule has 2 aliphatic carbocycles. The normalized spacial score (nSPS) is 37.0. The fourth-order valence-electron chi connectivity index (χ4n) is 2.96. The molecular formula is C13H25NS. The van der Waals surface area contributed by atoms with Gasteiger partial charge in [-0.2, -0.15) is 11.8 Å². The van der Waals surface area contributed by atoms with Crippen LogP contribution in [0.25, 0.3) is 0 Å². The maximum Gasteiger partial charge on any atom is 0.0211 e. The minimum Gasteiger partial charge on any atom is -0.326 e. The Labute approximate surface area is 98.6 Å². The molecule has 2 aliphatic rings. The second kappa shape index (κ2) is 4.67. The van der Waals surface area contributed by atoms with E-state index in [2.05, 4.69) is 25.6 Å². The Hall–Kier alpha value is 0.310. The first-order valence-corrected chi connectivity index (χ1v) is 7.45. The van der Waals surface area contributed by atoms with Crippen LogP contribution in [0.3, 0.4) is 0 Å². The van der Waals surface area contributed by atoms with E-state index >= 15 is 0 Å². The molecular weight excluding hydrogens is 202 g/mol. The summed E-state index contributed by atoms with van der Waals surface area (Å²) in [5.41, 5.74) is 6.73. The van der Waals surface area contributed by atoms with Crippen molar-refractivity contribution in [2.75, 3.05) is 0 Å². The van der Waals surface area contributed by atoms with Crippen molar-refractivity contribution in [2.24, 2.45) is 11.1 Å². The van der Waals surface area contributed by atoms with Crippen molar-refractivity contribution in [3.05, 3.63) is 0 Å². The van der Waals surface area contributed by atoms with Gasteiger partial charge in [0.1, 0.15) is 0 Å². The predicted molar refractivity (Wildman–Crippen MR) is 69.2 cm³/mol. The van der Waals surface area contributed by atoms with Gasteiger partial charge in [-0.3, -0.25) is 0 Å². The Morgan fingerprint density at radius 3 is 2.27 bits per heavy atom. The quantitative estimate of drug-likeness (QED) is 0.780. The number of hydrogen-bond acceptors (Lipinski definition) is 2. The summed E-state index contributed by atoms with van der Waals surface area (Å²) in [5.74, 6) is 0. The van der Waals surface area contributed by atoms with Crippen LogP contribution in [0, 0.1) is 5.41 Å². The van der Waals surface area contributed by atoms with Crippen molar-refractivity contribution >= 4 is 11.8 Å². The first kappa shape index (κ1) is 11.8. The molecule has 0 saturated heterocycles. The zero-order chi connectivity index (χ0) is 10.9. The van der Waals surface area contributed by atoms with Gasteiger partial charge in [-0.1, -0.05) is 33.1 Å². The van der Waals surface area contributed by atoms with Crippen molar-refractivity contribution in [3.8, 4) is 0 Å². The maximum atomic E-state index is 6.35. The lowest BCUT2D eigenvalue weighted by Gasteiger charge is -2.30. The summed E-state index contributed by atoms with van der Waals surface area (Å²) >= 11 is 2.21. The summed E-state index contributed by atoms with van der Waals surface area (Å²) in [6.07, 6.45) is 9.89. The van der Waals surface area contributed by atoms with Gasteiger partial charge >= 0.3 is 0 Å². The van der Waals surface area contributed by atoms with Crippen LogP contribution in [-0.4, -0.2) is 16.5 Å². The van der Waals surface area contributed by atoms with Gasteiger partial charge in [0.25, 0.3) is 0 Å². The smallest absolute Gasteiger partial charge is 0.0211 e. The Balaban J connectivity index is 1.84. The highest BCUT2D eigenvalue weighted by atomic mass is 32.2. The summed E-state index contributed by atoms with van der Waals surface area (Å²) in [5, 5.41) is 1.66. The highest BCUT2D eigenvalue weighted by Crippen LogP contribution is 2.44. The molecule has 2 fully saturated rings. The van der Waals surface area contributed by atoms with E-state index in [9.17, 15) is 0 Å². The third kappa shape index (κ3) is 2.71. The molecule has 0 aromatic heterocycles.